The van der Waals surface area contributed by atoms with Crippen molar-refractivity contribution in [2.45, 2.75) is 26.4 Å². The minimum Gasteiger partial charge on any atom is -0.388 e. The van der Waals surface area contributed by atoms with Crippen molar-refractivity contribution in [3.63, 3.8) is 0 Å². The Morgan fingerprint density at radius 3 is 2.70 bits per heavy atom. The van der Waals surface area contributed by atoms with Crippen molar-refractivity contribution in [2.24, 2.45) is 7.05 Å². The fourth-order valence-corrected chi connectivity index (χ4v) is 3.62. The van der Waals surface area contributed by atoms with Crippen molar-refractivity contribution >= 4 is 22.4 Å². The Balaban J connectivity index is 1.93. The number of thiophene rings is 1. The molecule has 0 amide bonds. The minimum atomic E-state index is -0.490. The van der Waals surface area contributed by atoms with E-state index in [2.05, 4.69) is 35.5 Å². The number of imidazole rings is 1. The first-order chi connectivity index (χ1) is 9.56. The summed E-state index contributed by atoms with van der Waals surface area (Å²) in [6, 6.07) is 10.1. The van der Waals surface area contributed by atoms with Crippen molar-refractivity contribution < 1.29 is 5.11 Å². The van der Waals surface area contributed by atoms with Crippen LogP contribution in [0.4, 0.5) is 0 Å². The third kappa shape index (κ3) is 2.25. The maximum absolute atomic E-state index is 10.5. The first-order valence-corrected chi connectivity index (χ1v) is 7.53. The van der Waals surface area contributed by atoms with Crippen LogP contribution in [0.3, 0.4) is 0 Å². The molecule has 4 heteroatoms. The molecule has 0 spiro atoms. The summed E-state index contributed by atoms with van der Waals surface area (Å²) in [5, 5.41) is 10.5. The largest absolute Gasteiger partial charge is 0.388 e. The second kappa shape index (κ2) is 5.04. The second-order valence-corrected chi connectivity index (χ2v) is 6.62. The molecule has 104 valence electrons. The molecule has 0 aliphatic carbocycles. The van der Waals surface area contributed by atoms with Crippen LogP contribution in [-0.4, -0.2) is 14.7 Å². The molecular weight excluding hydrogens is 268 g/mol. The number of aliphatic hydroxyl groups excluding tert-OH is 1. The standard InChI is InChI=1S/C16H18N2OS/c1-10-8-12(11(2)20-10)15(19)9-16-17-13-6-4-5-7-14(13)18(16)3/h4-8,15,19H,9H2,1-3H3. The van der Waals surface area contributed by atoms with Gasteiger partial charge in [-0.1, -0.05) is 12.1 Å². The zero-order valence-corrected chi connectivity index (χ0v) is 12.7. The summed E-state index contributed by atoms with van der Waals surface area (Å²) in [6.07, 6.45) is 0.0535. The lowest BCUT2D eigenvalue weighted by Crippen LogP contribution is -2.07. The molecule has 1 unspecified atom stereocenters. The minimum absolute atomic E-state index is 0.490. The molecule has 20 heavy (non-hydrogen) atoms. The van der Waals surface area contributed by atoms with Gasteiger partial charge in [0.1, 0.15) is 5.82 Å². The van der Waals surface area contributed by atoms with Crippen LogP contribution in [0.5, 0.6) is 0 Å². The van der Waals surface area contributed by atoms with E-state index < -0.39 is 6.10 Å². The van der Waals surface area contributed by atoms with E-state index in [1.54, 1.807) is 11.3 Å². The van der Waals surface area contributed by atoms with Crippen LogP contribution < -0.4 is 0 Å². The van der Waals surface area contributed by atoms with E-state index in [1.807, 2.05) is 25.2 Å². The van der Waals surface area contributed by atoms with Crippen LogP contribution in [0.25, 0.3) is 11.0 Å². The molecule has 2 aromatic heterocycles. The van der Waals surface area contributed by atoms with Crippen LogP contribution >= 0.6 is 11.3 Å². The Bertz CT molecular complexity index is 757. The van der Waals surface area contributed by atoms with Crippen LogP contribution in [-0.2, 0) is 13.5 Å². The second-order valence-electron chi connectivity index (χ2n) is 5.16. The molecule has 0 bridgehead atoms. The van der Waals surface area contributed by atoms with Crippen LogP contribution in [0.2, 0.25) is 0 Å². The monoisotopic (exact) mass is 286 g/mol. The van der Waals surface area contributed by atoms with E-state index in [4.69, 9.17) is 0 Å². The summed E-state index contributed by atoms with van der Waals surface area (Å²) in [5.74, 6) is 0.918. The highest BCUT2D eigenvalue weighted by Gasteiger charge is 2.17. The number of hydrogen-bond acceptors (Lipinski definition) is 3. The van der Waals surface area contributed by atoms with E-state index >= 15 is 0 Å². The average Bonchev–Trinajstić information content (AvgIpc) is 2.91. The lowest BCUT2D eigenvalue weighted by Gasteiger charge is -2.10. The molecule has 0 saturated heterocycles. The maximum Gasteiger partial charge on any atom is 0.112 e. The predicted molar refractivity (Wildman–Crippen MR) is 83.2 cm³/mol. The molecule has 0 aliphatic rings. The van der Waals surface area contributed by atoms with Gasteiger partial charge in [0.15, 0.2) is 0 Å². The van der Waals surface area contributed by atoms with Crippen molar-refractivity contribution in [3.05, 3.63) is 51.5 Å². The summed E-state index contributed by atoms with van der Waals surface area (Å²) in [7, 11) is 2.00. The molecule has 0 saturated carbocycles. The number of nitrogens with zero attached hydrogens (tertiary/aromatic N) is 2. The van der Waals surface area contributed by atoms with Gasteiger partial charge in [0.2, 0.25) is 0 Å². The SMILES string of the molecule is Cc1cc(C(O)Cc2nc3ccccc3n2C)c(C)s1. The van der Waals surface area contributed by atoms with Gasteiger partial charge in [0, 0.05) is 23.2 Å². The van der Waals surface area contributed by atoms with Crippen LogP contribution in [0.1, 0.15) is 27.2 Å². The number of aliphatic hydroxyl groups is 1. The number of fused-ring (bicyclic) bond motifs is 1. The van der Waals surface area contributed by atoms with Gasteiger partial charge in [-0.2, -0.15) is 0 Å². The van der Waals surface area contributed by atoms with Gasteiger partial charge >= 0.3 is 0 Å². The van der Waals surface area contributed by atoms with E-state index in [0.29, 0.717) is 6.42 Å². The average molecular weight is 286 g/mol. The Hall–Kier alpha value is -1.65. The van der Waals surface area contributed by atoms with Crippen molar-refractivity contribution in [1.29, 1.82) is 0 Å². The summed E-state index contributed by atoms with van der Waals surface area (Å²) in [5.41, 5.74) is 3.11. The highest BCUT2D eigenvalue weighted by Crippen LogP contribution is 2.28. The Kier molecular flexibility index (Phi) is 3.36. The van der Waals surface area contributed by atoms with Gasteiger partial charge in [0.05, 0.1) is 17.1 Å². The van der Waals surface area contributed by atoms with E-state index in [-0.39, 0.29) is 0 Å². The molecule has 0 fully saturated rings. The summed E-state index contributed by atoms with van der Waals surface area (Å²) in [4.78, 5) is 7.05. The number of benzene rings is 1. The molecule has 1 atom stereocenters. The van der Waals surface area contributed by atoms with Gasteiger partial charge in [0.25, 0.3) is 0 Å². The Morgan fingerprint density at radius 2 is 2.05 bits per heavy atom. The fraction of sp³-hybridized carbons (Fsp3) is 0.312. The van der Waals surface area contributed by atoms with Crippen molar-refractivity contribution in [1.82, 2.24) is 9.55 Å². The zero-order valence-electron chi connectivity index (χ0n) is 11.9. The Labute approximate surface area is 122 Å². The smallest absolute Gasteiger partial charge is 0.112 e. The van der Waals surface area contributed by atoms with E-state index in [0.717, 1.165) is 22.4 Å². The molecule has 3 aromatic rings. The summed E-state index contributed by atoms with van der Waals surface area (Å²) >= 11 is 1.73. The van der Waals surface area contributed by atoms with Gasteiger partial charge in [-0.25, -0.2) is 4.98 Å². The van der Waals surface area contributed by atoms with E-state index in [1.165, 1.54) is 9.75 Å². The van der Waals surface area contributed by atoms with Crippen molar-refractivity contribution in [3.8, 4) is 0 Å². The molecule has 0 radical (unpaired) electrons. The normalized spacial score (nSPS) is 13.0. The molecule has 1 aromatic carbocycles. The first-order valence-electron chi connectivity index (χ1n) is 6.71. The lowest BCUT2D eigenvalue weighted by atomic mass is 10.1. The summed E-state index contributed by atoms with van der Waals surface area (Å²) < 4.78 is 2.06. The fourth-order valence-electron chi connectivity index (χ4n) is 2.64. The predicted octanol–water partition coefficient (Wildman–Crippen LogP) is 3.53. The van der Waals surface area contributed by atoms with Gasteiger partial charge in [-0.05, 0) is 37.6 Å². The molecular formula is C16H18N2OS. The number of aryl methyl sites for hydroxylation is 3. The number of para-hydroxylation sites is 2. The zero-order chi connectivity index (χ0) is 14.3. The van der Waals surface area contributed by atoms with Gasteiger partial charge in [-0.15, -0.1) is 11.3 Å². The number of aromatic nitrogens is 2. The molecule has 0 aliphatic heterocycles. The molecule has 3 nitrogen and oxygen atoms in total. The van der Waals surface area contributed by atoms with E-state index in [9.17, 15) is 5.11 Å². The third-order valence-corrected chi connectivity index (χ3v) is 4.68. The third-order valence-electron chi connectivity index (χ3n) is 3.69. The molecule has 2 heterocycles. The lowest BCUT2D eigenvalue weighted by molar-refractivity contribution is 0.175. The first kappa shape index (κ1) is 13.3. The van der Waals surface area contributed by atoms with Crippen LogP contribution in [0.15, 0.2) is 30.3 Å². The van der Waals surface area contributed by atoms with Crippen LogP contribution in [0, 0.1) is 13.8 Å². The molecule has 3 rings (SSSR count). The number of rotatable bonds is 3. The maximum atomic E-state index is 10.5. The summed E-state index contributed by atoms with van der Waals surface area (Å²) in [6.45, 7) is 4.13. The van der Waals surface area contributed by atoms with Gasteiger partial charge < -0.3 is 9.67 Å². The highest BCUT2D eigenvalue weighted by atomic mass is 32.1. The highest BCUT2D eigenvalue weighted by molar-refractivity contribution is 7.12. The Morgan fingerprint density at radius 1 is 1.30 bits per heavy atom. The number of hydrogen-bond donors (Lipinski definition) is 1. The van der Waals surface area contributed by atoms with Gasteiger partial charge in [-0.3, -0.25) is 0 Å². The topological polar surface area (TPSA) is 38.1 Å². The van der Waals surface area contributed by atoms with Crippen molar-refractivity contribution in [2.75, 3.05) is 0 Å². The quantitative estimate of drug-likeness (QED) is 0.800. The molecule has 1 N–H and O–H groups in total.